The lowest BCUT2D eigenvalue weighted by molar-refractivity contribution is 0.0432. The van der Waals surface area contributed by atoms with Crippen molar-refractivity contribution in [2.24, 2.45) is 0 Å². The van der Waals surface area contributed by atoms with Gasteiger partial charge >= 0.3 is 5.97 Å². The fraction of sp³-hybridized carbons (Fsp3) is 0.273. The second kappa shape index (κ2) is 7.38. The van der Waals surface area contributed by atoms with Crippen LogP contribution in [0.25, 0.3) is 11.3 Å². The van der Waals surface area contributed by atoms with Gasteiger partial charge in [0.15, 0.2) is 12.4 Å². The molecule has 1 aliphatic heterocycles. The van der Waals surface area contributed by atoms with Crippen molar-refractivity contribution in [2.75, 3.05) is 7.11 Å². The third-order valence-electron chi connectivity index (χ3n) is 5.05. The van der Waals surface area contributed by atoms with E-state index in [2.05, 4.69) is 12.1 Å². The first kappa shape index (κ1) is 18.1. The molecule has 6 nitrogen and oxygen atoms in total. The molecule has 0 N–H and O–H groups in total. The fourth-order valence-electron chi connectivity index (χ4n) is 3.33. The van der Waals surface area contributed by atoms with Gasteiger partial charge in [-0.1, -0.05) is 36.3 Å². The fourth-order valence-corrected chi connectivity index (χ4v) is 3.33. The van der Waals surface area contributed by atoms with Gasteiger partial charge in [0.05, 0.1) is 7.11 Å². The molecule has 0 amide bonds. The van der Waals surface area contributed by atoms with Gasteiger partial charge < -0.3 is 18.7 Å². The molecular formula is C22H21NO5. The number of esters is 1. The minimum absolute atomic E-state index is 0.0181. The highest BCUT2D eigenvalue weighted by molar-refractivity contribution is 5.93. The van der Waals surface area contributed by atoms with Gasteiger partial charge in [0.2, 0.25) is 0 Å². The van der Waals surface area contributed by atoms with Gasteiger partial charge in [-0.2, -0.15) is 0 Å². The molecule has 6 heteroatoms. The molecule has 2 aromatic carbocycles. The summed E-state index contributed by atoms with van der Waals surface area (Å²) in [4.78, 5) is 12.6. The number of rotatable bonds is 5. The topological polar surface area (TPSA) is 70.8 Å². The molecule has 0 radical (unpaired) electrons. The average Bonchev–Trinajstić information content (AvgIpc) is 3.31. The van der Waals surface area contributed by atoms with Crippen LogP contribution in [0.4, 0.5) is 0 Å². The summed E-state index contributed by atoms with van der Waals surface area (Å²) in [7, 11) is 1.60. The number of carbonyl (C=O) groups is 1. The first-order valence-electron chi connectivity index (χ1n) is 9.14. The lowest BCUT2D eigenvalue weighted by Crippen LogP contribution is -2.11. The van der Waals surface area contributed by atoms with Crippen molar-refractivity contribution < 1.29 is 23.5 Å². The van der Waals surface area contributed by atoms with Crippen LogP contribution in [0.1, 0.15) is 41.4 Å². The molecule has 0 fully saturated rings. The van der Waals surface area contributed by atoms with E-state index in [-0.39, 0.29) is 18.6 Å². The van der Waals surface area contributed by atoms with Crippen LogP contribution in [-0.2, 0) is 11.3 Å². The molecule has 0 unspecified atom stereocenters. The summed E-state index contributed by atoms with van der Waals surface area (Å²) in [5, 5.41) is 4.05. The van der Waals surface area contributed by atoms with Crippen molar-refractivity contribution in [3.05, 3.63) is 65.4 Å². The number of carbonyl (C=O) groups excluding carboxylic acids is 1. The molecule has 3 aromatic rings. The zero-order valence-electron chi connectivity index (χ0n) is 16.0. The van der Waals surface area contributed by atoms with Crippen LogP contribution in [0.15, 0.2) is 53.1 Å². The van der Waals surface area contributed by atoms with E-state index in [1.807, 2.05) is 43.3 Å². The zero-order valence-corrected chi connectivity index (χ0v) is 16.0. The summed E-state index contributed by atoms with van der Waals surface area (Å²) in [6.45, 7) is 4.06. The van der Waals surface area contributed by atoms with Crippen molar-refractivity contribution in [1.29, 1.82) is 0 Å². The number of methoxy groups -OCH3 is 1. The maximum Gasteiger partial charge on any atom is 0.342 e. The van der Waals surface area contributed by atoms with Crippen LogP contribution >= 0.6 is 0 Å². The number of para-hydroxylation sites is 2. The van der Waals surface area contributed by atoms with E-state index in [1.165, 1.54) is 0 Å². The van der Waals surface area contributed by atoms with Crippen molar-refractivity contribution in [2.45, 2.75) is 32.5 Å². The van der Waals surface area contributed by atoms with E-state index in [1.54, 1.807) is 19.2 Å². The number of ether oxygens (including phenoxy) is 3. The SMILES string of the molecule is COc1ccccc1-c1cc(COC(=O)c2cccc3c2O[C@H](C)[C@H]3C)on1. The number of hydrogen-bond acceptors (Lipinski definition) is 6. The Kier molecular flexibility index (Phi) is 4.77. The molecule has 2 atom stereocenters. The van der Waals surface area contributed by atoms with E-state index < -0.39 is 5.97 Å². The number of fused-ring (bicyclic) bond motifs is 1. The van der Waals surface area contributed by atoms with E-state index in [9.17, 15) is 4.79 Å². The molecule has 0 aliphatic carbocycles. The van der Waals surface area contributed by atoms with Gasteiger partial charge in [0.25, 0.3) is 0 Å². The minimum atomic E-state index is -0.451. The second-order valence-corrected chi connectivity index (χ2v) is 6.79. The summed E-state index contributed by atoms with van der Waals surface area (Å²) >= 11 is 0. The number of aromatic nitrogens is 1. The molecule has 1 aromatic heterocycles. The highest BCUT2D eigenvalue weighted by Gasteiger charge is 2.31. The van der Waals surface area contributed by atoms with Crippen LogP contribution in [0, 0.1) is 0 Å². The molecule has 0 spiro atoms. The largest absolute Gasteiger partial charge is 0.496 e. The van der Waals surface area contributed by atoms with Gasteiger partial charge in [-0.3, -0.25) is 0 Å². The third-order valence-corrected chi connectivity index (χ3v) is 5.05. The average molecular weight is 379 g/mol. The van der Waals surface area contributed by atoms with Gasteiger partial charge in [0, 0.05) is 23.1 Å². The molecule has 4 rings (SSSR count). The Morgan fingerprint density at radius 2 is 1.96 bits per heavy atom. The molecule has 1 aliphatic rings. The van der Waals surface area contributed by atoms with Crippen molar-refractivity contribution in [3.8, 4) is 22.8 Å². The summed E-state index contributed by atoms with van der Waals surface area (Å²) in [5.74, 6) is 1.54. The lowest BCUT2D eigenvalue weighted by atomic mass is 9.97. The Morgan fingerprint density at radius 3 is 2.79 bits per heavy atom. The molecule has 0 saturated heterocycles. The van der Waals surface area contributed by atoms with Crippen LogP contribution in [0.2, 0.25) is 0 Å². The maximum absolute atomic E-state index is 12.6. The normalized spacial score (nSPS) is 17.7. The third kappa shape index (κ3) is 3.22. The van der Waals surface area contributed by atoms with Crippen LogP contribution < -0.4 is 9.47 Å². The summed E-state index contributed by atoms with van der Waals surface area (Å²) in [6, 6.07) is 14.8. The molecule has 0 saturated carbocycles. The number of nitrogens with zero attached hydrogens (tertiary/aromatic N) is 1. The Labute approximate surface area is 163 Å². The number of hydrogen-bond donors (Lipinski definition) is 0. The minimum Gasteiger partial charge on any atom is -0.496 e. The van der Waals surface area contributed by atoms with Gasteiger partial charge in [0.1, 0.15) is 28.9 Å². The van der Waals surface area contributed by atoms with Crippen LogP contribution in [0.5, 0.6) is 11.5 Å². The quantitative estimate of drug-likeness (QED) is 0.604. The van der Waals surface area contributed by atoms with Gasteiger partial charge in [-0.15, -0.1) is 0 Å². The Morgan fingerprint density at radius 1 is 1.14 bits per heavy atom. The number of benzene rings is 2. The van der Waals surface area contributed by atoms with E-state index in [0.29, 0.717) is 28.5 Å². The Hall–Kier alpha value is -3.28. The van der Waals surface area contributed by atoms with Crippen molar-refractivity contribution >= 4 is 5.97 Å². The molecule has 0 bridgehead atoms. The monoisotopic (exact) mass is 379 g/mol. The standard InChI is InChI=1S/C22H21NO5/c1-13-14(2)27-21-16(13)8-6-9-18(21)22(24)26-12-15-11-19(23-28-15)17-7-4-5-10-20(17)25-3/h4-11,13-14H,12H2,1-3H3/t13-,14-/m1/s1. The van der Waals surface area contributed by atoms with E-state index in [4.69, 9.17) is 18.7 Å². The summed E-state index contributed by atoms with van der Waals surface area (Å²) in [6.07, 6.45) is 0.0293. The van der Waals surface area contributed by atoms with Gasteiger partial charge in [-0.05, 0) is 25.1 Å². The van der Waals surface area contributed by atoms with Crippen LogP contribution in [0.3, 0.4) is 0 Å². The molecule has 28 heavy (non-hydrogen) atoms. The van der Waals surface area contributed by atoms with E-state index in [0.717, 1.165) is 11.1 Å². The highest BCUT2D eigenvalue weighted by Crippen LogP contribution is 2.40. The van der Waals surface area contributed by atoms with Crippen LogP contribution in [-0.4, -0.2) is 24.3 Å². The van der Waals surface area contributed by atoms with Crippen molar-refractivity contribution in [3.63, 3.8) is 0 Å². The summed E-state index contributed by atoms with van der Waals surface area (Å²) in [5.41, 5.74) is 2.89. The smallest absolute Gasteiger partial charge is 0.342 e. The molecule has 2 heterocycles. The Bertz CT molecular complexity index is 1010. The first-order chi connectivity index (χ1) is 13.6. The highest BCUT2D eigenvalue weighted by atomic mass is 16.6. The zero-order chi connectivity index (χ0) is 19.7. The second-order valence-electron chi connectivity index (χ2n) is 6.79. The Balaban J connectivity index is 1.48. The van der Waals surface area contributed by atoms with Gasteiger partial charge in [-0.25, -0.2) is 4.79 Å². The molecular weight excluding hydrogens is 358 g/mol. The van der Waals surface area contributed by atoms with Crippen molar-refractivity contribution in [1.82, 2.24) is 5.16 Å². The first-order valence-corrected chi connectivity index (χ1v) is 9.14. The van der Waals surface area contributed by atoms with E-state index >= 15 is 0 Å². The molecule has 144 valence electrons. The maximum atomic E-state index is 12.6. The predicted molar refractivity (Wildman–Crippen MR) is 103 cm³/mol. The lowest BCUT2D eigenvalue weighted by Gasteiger charge is -2.09. The summed E-state index contributed by atoms with van der Waals surface area (Å²) < 4.78 is 22.0. The predicted octanol–water partition coefficient (Wildman–Crippen LogP) is 4.59.